The van der Waals surface area contributed by atoms with E-state index in [1.54, 1.807) is 22.8 Å². The molecule has 2 heterocycles. The van der Waals surface area contributed by atoms with Crippen LogP contribution in [-0.4, -0.2) is 9.55 Å². The first kappa shape index (κ1) is 17.4. The van der Waals surface area contributed by atoms with E-state index in [0.29, 0.717) is 23.0 Å². The van der Waals surface area contributed by atoms with Gasteiger partial charge in [0.05, 0.1) is 16.5 Å². The van der Waals surface area contributed by atoms with Gasteiger partial charge in [-0.3, -0.25) is 9.36 Å². The molecule has 0 aliphatic carbocycles. The van der Waals surface area contributed by atoms with E-state index in [2.05, 4.69) is 30.7 Å². The second-order valence-corrected chi connectivity index (χ2v) is 7.69. The molecule has 0 saturated carbocycles. The number of nitrogens with zero attached hydrogens (tertiary/aromatic N) is 2. The highest BCUT2D eigenvalue weighted by Gasteiger charge is 2.27. The minimum atomic E-state index is -0.572. The molecule has 27 heavy (non-hydrogen) atoms. The smallest absolute Gasteiger partial charge is 0.261 e. The van der Waals surface area contributed by atoms with E-state index >= 15 is 0 Å². The van der Waals surface area contributed by atoms with Crippen molar-refractivity contribution in [2.75, 3.05) is 0 Å². The van der Waals surface area contributed by atoms with Crippen LogP contribution >= 0.6 is 0 Å². The van der Waals surface area contributed by atoms with Crippen LogP contribution in [0.15, 0.2) is 41.2 Å². The number of hydrogen-bond donors (Lipinski definition) is 0. The third-order valence-electron chi connectivity index (χ3n) is 4.92. The summed E-state index contributed by atoms with van der Waals surface area (Å²) in [5.41, 5.74) is 1.21. The van der Waals surface area contributed by atoms with Crippen LogP contribution in [0.3, 0.4) is 0 Å². The lowest BCUT2D eigenvalue weighted by atomic mass is 9.85. The summed E-state index contributed by atoms with van der Waals surface area (Å²) in [6, 6.07) is 8.30. The zero-order valence-electron chi connectivity index (χ0n) is 15.1. The Hall–Kier alpha value is -3.00. The predicted molar refractivity (Wildman–Crippen MR) is 100 cm³/mol. The van der Waals surface area contributed by atoms with Crippen LogP contribution in [-0.2, 0) is 13.0 Å². The number of rotatable bonds is 0. The second-order valence-electron chi connectivity index (χ2n) is 7.69. The zero-order valence-corrected chi connectivity index (χ0v) is 15.1. The van der Waals surface area contributed by atoms with Gasteiger partial charge in [0.1, 0.15) is 17.5 Å². The van der Waals surface area contributed by atoms with Crippen molar-refractivity contribution in [3.63, 3.8) is 0 Å². The first-order valence-corrected chi connectivity index (χ1v) is 8.83. The van der Waals surface area contributed by atoms with Crippen LogP contribution in [0.5, 0.6) is 0 Å². The van der Waals surface area contributed by atoms with Crippen molar-refractivity contribution in [1.82, 2.24) is 9.55 Å². The molecule has 3 aromatic rings. The molecule has 0 spiro atoms. The van der Waals surface area contributed by atoms with Gasteiger partial charge in [0, 0.05) is 18.5 Å². The Kier molecular flexibility index (Phi) is 4.07. The molecule has 3 nitrogen and oxygen atoms in total. The molecule has 1 aliphatic heterocycles. The Balaban J connectivity index is 1.77. The maximum Gasteiger partial charge on any atom is 0.261 e. The third kappa shape index (κ3) is 3.35. The highest BCUT2D eigenvalue weighted by molar-refractivity contribution is 5.79. The van der Waals surface area contributed by atoms with Crippen molar-refractivity contribution in [3.8, 4) is 11.8 Å². The van der Waals surface area contributed by atoms with E-state index in [4.69, 9.17) is 0 Å². The summed E-state index contributed by atoms with van der Waals surface area (Å²) in [6.45, 7) is 4.96. The molecule has 0 atom stereocenters. The lowest BCUT2D eigenvalue weighted by Gasteiger charge is -2.31. The van der Waals surface area contributed by atoms with Crippen molar-refractivity contribution in [2.45, 2.75) is 33.2 Å². The van der Waals surface area contributed by atoms with Crippen molar-refractivity contribution in [1.29, 1.82) is 0 Å². The van der Waals surface area contributed by atoms with E-state index in [9.17, 15) is 13.6 Å². The molecule has 0 radical (unpaired) electrons. The van der Waals surface area contributed by atoms with Gasteiger partial charge in [0.15, 0.2) is 0 Å². The Bertz CT molecular complexity index is 1180. The third-order valence-corrected chi connectivity index (χ3v) is 4.92. The highest BCUT2D eigenvalue weighted by atomic mass is 19.1. The van der Waals surface area contributed by atoms with Crippen LogP contribution in [0.25, 0.3) is 10.9 Å². The van der Waals surface area contributed by atoms with Gasteiger partial charge >= 0.3 is 0 Å². The van der Waals surface area contributed by atoms with Crippen LogP contribution in [0.4, 0.5) is 8.78 Å². The average molecular weight is 364 g/mol. The lowest BCUT2D eigenvalue weighted by Crippen LogP contribution is -2.36. The second kappa shape index (κ2) is 6.31. The number of halogens is 2. The van der Waals surface area contributed by atoms with Gasteiger partial charge in [-0.15, -0.1) is 0 Å². The molecule has 4 rings (SSSR count). The summed E-state index contributed by atoms with van der Waals surface area (Å²) in [6.07, 6.45) is 1.73. The Morgan fingerprint density at radius 2 is 1.93 bits per heavy atom. The summed E-state index contributed by atoms with van der Waals surface area (Å²) in [5, 5.41) is 0.541. The van der Waals surface area contributed by atoms with E-state index in [0.717, 1.165) is 36.9 Å². The lowest BCUT2D eigenvalue weighted by molar-refractivity contribution is 0.240. The van der Waals surface area contributed by atoms with Crippen LogP contribution < -0.4 is 5.56 Å². The molecule has 2 aromatic carbocycles. The number of aryl methyl sites for hydroxylation is 1. The molecule has 0 fully saturated rings. The molecule has 136 valence electrons. The van der Waals surface area contributed by atoms with Crippen molar-refractivity contribution in [2.24, 2.45) is 5.41 Å². The van der Waals surface area contributed by atoms with Crippen molar-refractivity contribution >= 4 is 10.9 Å². The Morgan fingerprint density at radius 1 is 1.11 bits per heavy atom. The molecule has 0 N–H and O–H groups in total. The molecular weight excluding hydrogens is 346 g/mol. The van der Waals surface area contributed by atoms with Crippen LogP contribution in [0, 0.1) is 28.9 Å². The summed E-state index contributed by atoms with van der Waals surface area (Å²) >= 11 is 0. The van der Waals surface area contributed by atoms with E-state index in [1.165, 1.54) is 0 Å². The minimum absolute atomic E-state index is 0.00389. The van der Waals surface area contributed by atoms with Gasteiger partial charge in [-0.1, -0.05) is 25.7 Å². The Labute approximate surface area is 155 Å². The molecular formula is C22H18F2N2O. The molecule has 0 unspecified atom stereocenters. The molecule has 0 saturated heterocycles. The van der Waals surface area contributed by atoms with Gasteiger partial charge in [0.25, 0.3) is 5.56 Å². The summed E-state index contributed by atoms with van der Waals surface area (Å²) in [7, 11) is 0. The van der Waals surface area contributed by atoms with Crippen molar-refractivity contribution < 1.29 is 8.78 Å². The van der Waals surface area contributed by atoms with Gasteiger partial charge in [0.2, 0.25) is 0 Å². The quantitative estimate of drug-likeness (QED) is 0.564. The fourth-order valence-electron chi connectivity index (χ4n) is 3.39. The summed E-state index contributed by atoms with van der Waals surface area (Å²) in [5.74, 6) is 5.15. The average Bonchev–Trinajstić information content (AvgIpc) is 2.63. The van der Waals surface area contributed by atoms with Gasteiger partial charge in [-0.05, 0) is 48.2 Å². The van der Waals surface area contributed by atoms with Gasteiger partial charge in [-0.2, -0.15) is 0 Å². The normalized spacial score (nSPS) is 15.1. The van der Waals surface area contributed by atoms with Crippen LogP contribution in [0.2, 0.25) is 0 Å². The monoisotopic (exact) mass is 364 g/mol. The summed E-state index contributed by atoms with van der Waals surface area (Å²) < 4.78 is 28.7. The Morgan fingerprint density at radius 3 is 2.74 bits per heavy atom. The molecule has 0 amide bonds. The number of aromatic nitrogens is 2. The SMILES string of the molecule is CC1(C)CCc2nc3cc(C#Cc4cc(F)ccc4F)ccc3c(=O)n2C1. The van der Waals surface area contributed by atoms with Gasteiger partial charge in [-0.25, -0.2) is 13.8 Å². The number of fused-ring (bicyclic) bond motifs is 2. The van der Waals surface area contributed by atoms with E-state index in [-0.39, 0.29) is 16.5 Å². The number of benzene rings is 2. The molecule has 5 heteroatoms. The van der Waals surface area contributed by atoms with Crippen molar-refractivity contribution in [3.05, 3.63) is 75.3 Å². The predicted octanol–water partition coefficient (Wildman–Crippen LogP) is 4.05. The first-order valence-electron chi connectivity index (χ1n) is 8.83. The van der Waals surface area contributed by atoms with Gasteiger partial charge < -0.3 is 0 Å². The van der Waals surface area contributed by atoms with Crippen LogP contribution in [0.1, 0.15) is 37.2 Å². The highest BCUT2D eigenvalue weighted by Crippen LogP contribution is 2.29. The maximum atomic E-state index is 13.7. The number of hydrogen-bond acceptors (Lipinski definition) is 2. The maximum absolute atomic E-state index is 13.7. The fraction of sp³-hybridized carbons (Fsp3) is 0.273. The standard InChI is InChI=1S/C22H18F2N2O/c1-22(2)10-9-20-25-19-11-14(4-7-17(19)21(27)26(20)13-22)3-5-15-12-16(23)6-8-18(15)24/h4,6-8,11-12H,9-10,13H2,1-2H3. The molecule has 1 aromatic heterocycles. The summed E-state index contributed by atoms with van der Waals surface area (Å²) in [4.78, 5) is 17.5. The molecule has 1 aliphatic rings. The fourth-order valence-corrected chi connectivity index (χ4v) is 3.39. The molecule has 0 bridgehead atoms. The first-order chi connectivity index (χ1) is 12.8. The van der Waals surface area contributed by atoms with E-state index < -0.39 is 11.6 Å². The van der Waals surface area contributed by atoms with E-state index in [1.807, 2.05) is 0 Å². The zero-order chi connectivity index (χ0) is 19.2. The topological polar surface area (TPSA) is 34.9 Å². The largest absolute Gasteiger partial charge is 0.296 e. The minimum Gasteiger partial charge on any atom is -0.296 e.